The average molecular weight is 335 g/mol. The molecule has 0 saturated heterocycles. The van der Waals surface area contributed by atoms with Gasteiger partial charge in [0.1, 0.15) is 0 Å². The minimum absolute atomic E-state index is 0.189. The van der Waals surface area contributed by atoms with E-state index >= 15 is 0 Å². The number of hydrogen-bond donors (Lipinski definition) is 1. The second-order valence-corrected chi connectivity index (χ2v) is 4.86. The van der Waals surface area contributed by atoms with Crippen LogP contribution in [0.15, 0.2) is 24.3 Å². The Kier molecular flexibility index (Phi) is 6.95. The van der Waals surface area contributed by atoms with E-state index in [1.54, 1.807) is 7.11 Å². The topological polar surface area (TPSA) is 32.7 Å². The van der Waals surface area contributed by atoms with Crippen molar-refractivity contribution in [3.05, 3.63) is 33.4 Å². The molecule has 0 spiro atoms. The number of halogens is 1. The normalized spacial score (nSPS) is 11.0. The molecule has 1 N–H and O–H groups in total. The van der Waals surface area contributed by atoms with Crippen LogP contribution in [0.5, 0.6) is 0 Å². The van der Waals surface area contributed by atoms with Gasteiger partial charge in [-0.15, -0.1) is 0 Å². The van der Waals surface area contributed by atoms with Crippen molar-refractivity contribution in [2.24, 2.45) is 0 Å². The molecule has 16 heavy (non-hydrogen) atoms. The molecule has 0 aliphatic carbocycles. The monoisotopic (exact) mass is 335 g/mol. The van der Waals surface area contributed by atoms with E-state index in [0.717, 1.165) is 13.1 Å². The van der Waals surface area contributed by atoms with Crippen molar-refractivity contribution in [3.8, 4) is 0 Å². The summed E-state index contributed by atoms with van der Waals surface area (Å²) in [7, 11) is 1.70. The van der Waals surface area contributed by atoms with Crippen molar-refractivity contribution in [1.29, 1.82) is 0 Å². The summed E-state index contributed by atoms with van der Waals surface area (Å²) >= 11 is 2.30. The van der Waals surface area contributed by atoms with Gasteiger partial charge in [0.15, 0.2) is 0 Å². The standard InChI is InChI=1S/C12H18INO2/c1-16-9-7-14(6-8-15)10-11-2-4-12(13)5-3-11/h2-5,15H,6-10H2,1H3. The Hall–Kier alpha value is -0.170. The van der Waals surface area contributed by atoms with Crippen molar-refractivity contribution < 1.29 is 9.84 Å². The molecule has 0 unspecified atom stereocenters. The van der Waals surface area contributed by atoms with Crippen LogP contribution in [0.25, 0.3) is 0 Å². The highest BCUT2D eigenvalue weighted by atomic mass is 127. The molecular weight excluding hydrogens is 317 g/mol. The third-order valence-electron chi connectivity index (χ3n) is 2.35. The number of benzene rings is 1. The summed E-state index contributed by atoms with van der Waals surface area (Å²) in [4.78, 5) is 2.19. The van der Waals surface area contributed by atoms with Crippen LogP contribution in [0.2, 0.25) is 0 Å². The molecule has 3 nitrogen and oxygen atoms in total. The van der Waals surface area contributed by atoms with Crippen molar-refractivity contribution in [2.75, 3.05) is 33.4 Å². The Morgan fingerprint density at radius 3 is 2.50 bits per heavy atom. The summed E-state index contributed by atoms with van der Waals surface area (Å²) in [5.74, 6) is 0. The van der Waals surface area contributed by atoms with Gasteiger partial charge in [-0.2, -0.15) is 0 Å². The largest absolute Gasteiger partial charge is 0.395 e. The lowest BCUT2D eigenvalue weighted by atomic mass is 10.2. The fraction of sp³-hybridized carbons (Fsp3) is 0.500. The maximum absolute atomic E-state index is 8.97. The van der Waals surface area contributed by atoms with Gasteiger partial charge >= 0.3 is 0 Å². The molecule has 0 radical (unpaired) electrons. The molecule has 0 aliphatic heterocycles. The van der Waals surface area contributed by atoms with E-state index < -0.39 is 0 Å². The molecular formula is C12H18INO2. The van der Waals surface area contributed by atoms with Gasteiger partial charge in [0, 0.05) is 30.3 Å². The second kappa shape index (κ2) is 8.00. The van der Waals surface area contributed by atoms with Crippen LogP contribution < -0.4 is 0 Å². The smallest absolute Gasteiger partial charge is 0.0589 e. The predicted molar refractivity (Wildman–Crippen MR) is 73.4 cm³/mol. The molecule has 0 fully saturated rings. The van der Waals surface area contributed by atoms with Crippen molar-refractivity contribution >= 4 is 22.6 Å². The van der Waals surface area contributed by atoms with Crippen LogP contribution in [-0.4, -0.2) is 43.4 Å². The molecule has 0 amide bonds. The lowest BCUT2D eigenvalue weighted by molar-refractivity contribution is 0.127. The summed E-state index contributed by atoms with van der Waals surface area (Å²) in [6.45, 7) is 3.29. The van der Waals surface area contributed by atoms with Crippen LogP contribution in [0.3, 0.4) is 0 Å². The minimum atomic E-state index is 0.189. The van der Waals surface area contributed by atoms with E-state index in [9.17, 15) is 0 Å². The van der Waals surface area contributed by atoms with Gasteiger partial charge in [-0.3, -0.25) is 4.90 Å². The fourth-order valence-corrected chi connectivity index (χ4v) is 1.84. The quantitative estimate of drug-likeness (QED) is 0.771. The Morgan fingerprint density at radius 2 is 1.94 bits per heavy atom. The van der Waals surface area contributed by atoms with Crippen LogP contribution in [0.1, 0.15) is 5.56 Å². The molecule has 0 heterocycles. The van der Waals surface area contributed by atoms with E-state index in [1.165, 1.54) is 9.13 Å². The summed E-state index contributed by atoms with van der Waals surface area (Å²) in [6, 6.07) is 8.45. The molecule has 1 aromatic rings. The van der Waals surface area contributed by atoms with Gasteiger partial charge in [-0.1, -0.05) is 12.1 Å². The van der Waals surface area contributed by atoms with E-state index in [0.29, 0.717) is 13.2 Å². The molecule has 1 aromatic carbocycles. The first-order chi connectivity index (χ1) is 7.76. The van der Waals surface area contributed by atoms with Crippen LogP contribution in [0.4, 0.5) is 0 Å². The second-order valence-electron chi connectivity index (χ2n) is 3.62. The molecule has 90 valence electrons. The lowest BCUT2D eigenvalue weighted by Crippen LogP contribution is -2.29. The molecule has 0 aromatic heterocycles. The average Bonchev–Trinajstić information content (AvgIpc) is 2.29. The third-order valence-corrected chi connectivity index (χ3v) is 3.07. The summed E-state index contributed by atoms with van der Waals surface area (Å²) in [5, 5.41) is 8.97. The van der Waals surface area contributed by atoms with Crippen LogP contribution in [-0.2, 0) is 11.3 Å². The van der Waals surface area contributed by atoms with Crippen molar-refractivity contribution in [3.63, 3.8) is 0 Å². The number of rotatable bonds is 7. The number of ether oxygens (including phenoxy) is 1. The van der Waals surface area contributed by atoms with Gasteiger partial charge in [0.05, 0.1) is 13.2 Å². The first-order valence-electron chi connectivity index (χ1n) is 5.33. The first kappa shape index (κ1) is 13.9. The van der Waals surface area contributed by atoms with Gasteiger partial charge in [-0.25, -0.2) is 0 Å². The summed E-state index contributed by atoms with van der Waals surface area (Å²) in [5.41, 5.74) is 1.27. The number of hydrogen-bond acceptors (Lipinski definition) is 3. The maximum atomic E-state index is 8.97. The highest BCUT2D eigenvalue weighted by molar-refractivity contribution is 14.1. The van der Waals surface area contributed by atoms with Crippen LogP contribution in [0, 0.1) is 3.57 Å². The van der Waals surface area contributed by atoms with Gasteiger partial charge in [0.2, 0.25) is 0 Å². The molecule has 0 saturated carbocycles. The van der Waals surface area contributed by atoms with Gasteiger partial charge in [0.25, 0.3) is 0 Å². The highest BCUT2D eigenvalue weighted by Crippen LogP contribution is 2.09. The zero-order chi connectivity index (χ0) is 11.8. The number of aliphatic hydroxyl groups excluding tert-OH is 1. The molecule has 0 atom stereocenters. The fourth-order valence-electron chi connectivity index (χ4n) is 1.48. The van der Waals surface area contributed by atoms with E-state index in [1.807, 2.05) is 0 Å². The van der Waals surface area contributed by atoms with Gasteiger partial charge in [-0.05, 0) is 40.3 Å². The Balaban J connectivity index is 2.49. The van der Waals surface area contributed by atoms with Gasteiger partial charge < -0.3 is 9.84 Å². The Bertz CT molecular complexity index is 290. The van der Waals surface area contributed by atoms with Crippen molar-refractivity contribution in [2.45, 2.75) is 6.54 Å². The summed E-state index contributed by atoms with van der Waals surface area (Å²) in [6.07, 6.45) is 0. The SMILES string of the molecule is COCCN(CCO)Cc1ccc(I)cc1. The third kappa shape index (κ3) is 5.25. The molecule has 0 aliphatic rings. The molecule has 4 heteroatoms. The zero-order valence-corrected chi connectivity index (χ0v) is 11.7. The number of methoxy groups -OCH3 is 1. The highest BCUT2D eigenvalue weighted by Gasteiger charge is 2.04. The number of aliphatic hydroxyl groups is 1. The number of nitrogens with zero attached hydrogens (tertiary/aromatic N) is 1. The summed E-state index contributed by atoms with van der Waals surface area (Å²) < 4.78 is 6.29. The Morgan fingerprint density at radius 1 is 1.25 bits per heavy atom. The maximum Gasteiger partial charge on any atom is 0.0589 e. The lowest BCUT2D eigenvalue weighted by Gasteiger charge is -2.20. The Labute approximate surface area is 111 Å². The van der Waals surface area contributed by atoms with Crippen molar-refractivity contribution in [1.82, 2.24) is 4.90 Å². The van der Waals surface area contributed by atoms with E-state index in [-0.39, 0.29) is 6.61 Å². The van der Waals surface area contributed by atoms with Crippen LogP contribution >= 0.6 is 22.6 Å². The van der Waals surface area contributed by atoms with E-state index in [4.69, 9.17) is 9.84 Å². The van der Waals surface area contributed by atoms with E-state index in [2.05, 4.69) is 51.8 Å². The minimum Gasteiger partial charge on any atom is -0.395 e. The molecule has 1 rings (SSSR count). The zero-order valence-electron chi connectivity index (χ0n) is 9.53. The first-order valence-corrected chi connectivity index (χ1v) is 6.40. The predicted octanol–water partition coefficient (Wildman–Crippen LogP) is 1.73. The molecule has 0 bridgehead atoms.